The molecule has 2 aromatic rings. The van der Waals surface area contributed by atoms with E-state index >= 15 is 0 Å². The van der Waals surface area contributed by atoms with E-state index in [9.17, 15) is 17.2 Å². The topological polar surface area (TPSA) is 58.2 Å². The molecule has 0 unspecified atom stereocenters. The molecule has 4 nitrogen and oxygen atoms in total. The summed E-state index contributed by atoms with van der Waals surface area (Å²) in [5, 5.41) is 2.90. The molecule has 0 atom stereocenters. The van der Waals surface area contributed by atoms with E-state index in [1.165, 1.54) is 12.1 Å². The minimum Gasteiger partial charge on any atom is -0.316 e. The van der Waals surface area contributed by atoms with E-state index in [1.54, 1.807) is 19.2 Å². The van der Waals surface area contributed by atoms with E-state index in [1.807, 2.05) is 4.72 Å². The van der Waals surface area contributed by atoms with Gasteiger partial charge in [0.15, 0.2) is 0 Å². The van der Waals surface area contributed by atoms with Gasteiger partial charge in [0.1, 0.15) is 11.6 Å². The molecule has 0 amide bonds. The molecule has 7 heteroatoms. The minimum atomic E-state index is -3.98. The Bertz CT molecular complexity index is 748. The standard InChI is InChI=1S/C14H14F2N2O2S/c1-17-9-10-3-2-4-12(7-10)21(19,20)18-14-8-11(15)5-6-13(14)16/h2-8,17-18H,9H2,1H3. The predicted molar refractivity (Wildman–Crippen MR) is 76.4 cm³/mol. The molecule has 0 saturated carbocycles. The van der Waals surface area contributed by atoms with E-state index in [0.717, 1.165) is 23.8 Å². The van der Waals surface area contributed by atoms with Crippen molar-refractivity contribution in [2.45, 2.75) is 11.4 Å². The van der Waals surface area contributed by atoms with Crippen molar-refractivity contribution in [3.8, 4) is 0 Å². The van der Waals surface area contributed by atoms with Crippen LogP contribution in [-0.4, -0.2) is 15.5 Å². The summed E-state index contributed by atoms with van der Waals surface area (Å²) in [6.07, 6.45) is 0. The van der Waals surface area contributed by atoms with Crippen LogP contribution in [0.3, 0.4) is 0 Å². The lowest BCUT2D eigenvalue weighted by molar-refractivity contribution is 0.594. The third-order valence-corrected chi connectivity index (χ3v) is 4.13. The van der Waals surface area contributed by atoms with E-state index in [-0.39, 0.29) is 4.90 Å². The molecule has 0 aliphatic carbocycles. The first kappa shape index (κ1) is 15.4. The first-order chi connectivity index (χ1) is 9.92. The zero-order chi connectivity index (χ0) is 15.5. The van der Waals surface area contributed by atoms with Gasteiger partial charge < -0.3 is 5.32 Å². The fraction of sp³-hybridized carbons (Fsp3) is 0.143. The molecule has 0 aliphatic rings. The molecule has 0 bridgehead atoms. The van der Waals surface area contributed by atoms with Crippen LogP contribution in [0.2, 0.25) is 0 Å². The van der Waals surface area contributed by atoms with Crippen molar-refractivity contribution in [1.82, 2.24) is 5.32 Å². The Morgan fingerprint density at radius 3 is 2.57 bits per heavy atom. The number of hydrogen-bond acceptors (Lipinski definition) is 3. The van der Waals surface area contributed by atoms with Crippen molar-refractivity contribution in [1.29, 1.82) is 0 Å². The Kier molecular flexibility index (Phi) is 4.54. The maximum absolute atomic E-state index is 13.5. The van der Waals surface area contributed by atoms with E-state index < -0.39 is 27.3 Å². The number of benzene rings is 2. The molecule has 21 heavy (non-hydrogen) atoms. The van der Waals surface area contributed by atoms with Gasteiger partial charge >= 0.3 is 0 Å². The van der Waals surface area contributed by atoms with Crippen LogP contribution in [0, 0.1) is 11.6 Å². The molecule has 0 aromatic heterocycles. The van der Waals surface area contributed by atoms with Crippen molar-refractivity contribution < 1.29 is 17.2 Å². The van der Waals surface area contributed by atoms with Crippen LogP contribution in [0.15, 0.2) is 47.4 Å². The van der Waals surface area contributed by atoms with Gasteiger partial charge in [-0.25, -0.2) is 17.2 Å². The fourth-order valence-corrected chi connectivity index (χ4v) is 2.93. The summed E-state index contributed by atoms with van der Waals surface area (Å²) in [7, 11) is -2.24. The van der Waals surface area contributed by atoms with Crippen LogP contribution in [0.25, 0.3) is 0 Å². The predicted octanol–water partition coefficient (Wildman–Crippen LogP) is 2.49. The normalized spacial score (nSPS) is 11.4. The number of nitrogens with one attached hydrogen (secondary N) is 2. The Labute approximate surface area is 121 Å². The van der Waals surface area contributed by atoms with Crippen molar-refractivity contribution >= 4 is 15.7 Å². The average Bonchev–Trinajstić information content (AvgIpc) is 2.43. The van der Waals surface area contributed by atoms with Gasteiger partial charge in [-0.2, -0.15) is 0 Å². The van der Waals surface area contributed by atoms with Crippen molar-refractivity contribution in [3.63, 3.8) is 0 Å². The van der Waals surface area contributed by atoms with Crippen LogP contribution in [0.5, 0.6) is 0 Å². The van der Waals surface area contributed by atoms with Gasteiger partial charge in [0, 0.05) is 12.6 Å². The minimum absolute atomic E-state index is 0.0149. The molecule has 0 fully saturated rings. The number of halogens is 2. The average molecular weight is 312 g/mol. The van der Waals surface area contributed by atoms with Crippen LogP contribution in [0.1, 0.15) is 5.56 Å². The second-order valence-electron chi connectivity index (χ2n) is 4.41. The zero-order valence-corrected chi connectivity index (χ0v) is 12.0. The molecule has 2 aromatic carbocycles. The summed E-state index contributed by atoms with van der Waals surface area (Å²) in [5.41, 5.74) is 0.342. The molecule has 0 aliphatic heterocycles. The molecular weight excluding hydrogens is 298 g/mol. The summed E-state index contributed by atoms with van der Waals surface area (Å²) in [6.45, 7) is 0.498. The van der Waals surface area contributed by atoms with Gasteiger partial charge in [-0.05, 0) is 36.9 Å². The number of anilines is 1. The highest BCUT2D eigenvalue weighted by atomic mass is 32.2. The van der Waals surface area contributed by atoms with Gasteiger partial charge in [-0.3, -0.25) is 4.72 Å². The molecule has 2 N–H and O–H groups in total. The molecule has 0 radical (unpaired) electrons. The van der Waals surface area contributed by atoms with Gasteiger partial charge in [-0.15, -0.1) is 0 Å². The quantitative estimate of drug-likeness (QED) is 0.892. The summed E-state index contributed by atoms with van der Waals surface area (Å²) < 4.78 is 53.0. The highest BCUT2D eigenvalue weighted by molar-refractivity contribution is 7.92. The summed E-state index contributed by atoms with van der Waals surface area (Å²) >= 11 is 0. The van der Waals surface area contributed by atoms with Crippen molar-refractivity contribution in [2.24, 2.45) is 0 Å². The van der Waals surface area contributed by atoms with E-state index in [0.29, 0.717) is 6.54 Å². The van der Waals surface area contributed by atoms with Crippen LogP contribution in [-0.2, 0) is 16.6 Å². The van der Waals surface area contributed by atoms with Crippen LogP contribution in [0.4, 0.5) is 14.5 Å². The Morgan fingerprint density at radius 2 is 1.86 bits per heavy atom. The first-order valence-corrected chi connectivity index (χ1v) is 7.62. The maximum Gasteiger partial charge on any atom is 0.261 e. The molecule has 0 saturated heterocycles. The molecule has 0 heterocycles. The van der Waals surface area contributed by atoms with E-state index in [4.69, 9.17) is 0 Å². The zero-order valence-electron chi connectivity index (χ0n) is 11.2. The van der Waals surface area contributed by atoms with E-state index in [2.05, 4.69) is 5.32 Å². The summed E-state index contributed by atoms with van der Waals surface area (Å²) in [4.78, 5) is -0.0149. The number of sulfonamides is 1. The van der Waals surface area contributed by atoms with Gasteiger partial charge in [0.05, 0.1) is 10.6 Å². The van der Waals surface area contributed by atoms with Crippen LogP contribution < -0.4 is 10.0 Å². The largest absolute Gasteiger partial charge is 0.316 e. The first-order valence-electron chi connectivity index (χ1n) is 6.14. The molecular formula is C14H14F2N2O2S. The van der Waals surface area contributed by atoms with Gasteiger partial charge in [-0.1, -0.05) is 12.1 Å². The third kappa shape index (κ3) is 3.77. The Morgan fingerprint density at radius 1 is 1.10 bits per heavy atom. The summed E-state index contributed by atoms with van der Waals surface area (Å²) in [6, 6.07) is 8.78. The third-order valence-electron chi connectivity index (χ3n) is 2.76. The molecule has 0 spiro atoms. The Balaban J connectivity index is 2.34. The van der Waals surface area contributed by atoms with Crippen LogP contribution >= 0.6 is 0 Å². The van der Waals surface area contributed by atoms with Crippen molar-refractivity contribution in [2.75, 3.05) is 11.8 Å². The Hall–Kier alpha value is -1.99. The lowest BCUT2D eigenvalue weighted by Crippen LogP contribution is -2.15. The van der Waals surface area contributed by atoms with Gasteiger partial charge in [0.2, 0.25) is 0 Å². The number of hydrogen-bond donors (Lipinski definition) is 2. The lowest BCUT2D eigenvalue weighted by Gasteiger charge is -2.10. The highest BCUT2D eigenvalue weighted by Gasteiger charge is 2.17. The lowest BCUT2D eigenvalue weighted by atomic mass is 10.2. The second kappa shape index (κ2) is 6.19. The molecule has 2 rings (SSSR count). The molecule has 112 valence electrons. The fourth-order valence-electron chi connectivity index (χ4n) is 1.81. The SMILES string of the molecule is CNCc1cccc(S(=O)(=O)Nc2cc(F)ccc2F)c1. The summed E-state index contributed by atoms with van der Waals surface area (Å²) in [5.74, 6) is -1.57. The second-order valence-corrected chi connectivity index (χ2v) is 6.09. The monoisotopic (exact) mass is 312 g/mol. The maximum atomic E-state index is 13.5. The van der Waals surface area contributed by atoms with Gasteiger partial charge in [0.25, 0.3) is 10.0 Å². The highest BCUT2D eigenvalue weighted by Crippen LogP contribution is 2.20. The smallest absolute Gasteiger partial charge is 0.261 e. The van der Waals surface area contributed by atoms with Crippen molar-refractivity contribution in [3.05, 3.63) is 59.7 Å². The number of rotatable bonds is 5.